The molecule has 4 aromatic rings. The topological polar surface area (TPSA) is 76.8 Å². The first-order chi connectivity index (χ1) is 10.8. The van der Waals surface area contributed by atoms with E-state index in [4.69, 9.17) is 10.5 Å². The zero-order valence-corrected chi connectivity index (χ0v) is 12.3. The van der Waals surface area contributed by atoms with Crippen LogP contribution in [-0.4, -0.2) is 15.0 Å². The van der Waals surface area contributed by atoms with Gasteiger partial charge in [0.1, 0.15) is 17.1 Å². The van der Waals surface area contributed by atoms with Crippen molar-refractivity contribution in [3.8, 4) is 22.9 Å². The van der Waals surface area contributed by atoms with Crippen LogP contribution in [0.5, 0.6) is 11.5 Å². The van der Waals surface area contributed by atoms with Gasteiger partial charge in [0.05, 0.1) is 0 Å². The minimum atomic E-state index is 0.633. The van der Waals surface area contributed by atoms with Crippen LogP contribution in [0.4, 0.5) is 5.69 Å². The average Bonchev–Trinajstić information content (AvgIpc) is 3.18. The van der Waals surface area contributed by atoms with Gasteiger partial charge in [0, 0.05) is 28.9 Å². The number of anilines is 1. The lowest BCUT2D eigenvalue weighted by Gasteiger charge is -2.06. The van der Waals surface area contributed by atoms with Gasteiger partial charge in [-0.3, -0.25) is 0 Å². The number of nitrogens with two attached hydrogens (primary N) is 1. The third-order valence-corrected chi connectivity index (χ3v) is 3.94. The first kappa shape index (κ1) is 12.8. The fraction of sp³-hybridized carbons (Fsp3) is 0. The lowest BCUT2D eigenvalue weighted by molar-refractivity contribution is 0.487. The van der Waals surface area contributed by atoms with Gasteiger partial charge in [0.25, 0.3) is 0 Å². The second-order valence-corrected chi connectivity index (χ2v) is 5.56. The van der Waals surface area contributed by atoms with Crippen LogP contribution in [-0.2, 0) is 0 Å². The van der Waals surface area contributed by atoms with Gasteiger partial charge in [-0.15, -0.1) is 0 Å². The number of fused-ring (bicyclic) bond motifs is 1. The van der Waals surface area contributed by atoms with Crippen LogP contribution in [0.25, 0.3) is 22.6 Å². The number of hydrogen-bond donors (Lipinski definition) is 2. The van der Waals surface area contributed by atoms with E-state index >= 15 is 0 Å². The molecule has 4 rings (SSSR count). The van der Waals surface area contributed by atoms with Crippen molar-refractivity contribution in [3.63, 3.8) is 0 Å². The number of hydrogen-bond acceptors (Lipinski definition) is 5. The molecule has 6 heteroatoms. The summed E-state index contributed by atoms with van der Waals surface area (Å²) in [5.41, 5.74) is 8.84. The summed E-state index contributed by atoms with van der Waals surface area (Å²) in [6, 6.07) is 11.1. The van der Waals surface area contributed by atoms with Crippen molar-refractivity contribution >= 4 is 28.2 Å². The van der Waals surface area contributed by atoms with Crippen LogP contribution in [0.3, 0.4) is 0 Å². The molecule has 108 valence electrons. The summed E-state index contributed by atoms with van der Waals surface area (Å²) in [5.74, 6) is 2.19. The number of H-pyrrole nitrogens is 1. The highest BCUT2D eigenvalue weighted by Crippen LogP contribution is 2.30. The Morgan fingerprint density at radius 1 is 1.09 bits per heavy atom. The number of pyridine rings is 1. The van der Waals surface area contributed by atoms with Crippen molar-refractivity contribution in [2.24, 2.45) is 0 Å². The first-order valence-electron chi connectivity index (χ1n) is 6.70. The summed E-state index contributed by atoms with van der Waals surface area (Å²) in [5, 5.41) is 4.06. The summed E-state index contributed by atoms with van der Waals surface area (Å²) in [6.07, 6.45) is 1.69. The molecule has 0 atom stereocenters. The van der Waals surface area contributed by atoms with E-state index in [-0.39, 0.29) is 0 Å². The number of aromatic nitrogens is 3. The quantitative estimate of drug-likeness (QED) is 0.559. The van der Waals surface area contributed by atoms with Gasteiger partial charge in [-0.05, 0) is 35.7 Å². The highest BCUT2D eigenvalue weighted by Gasteiger charge is 2.11. The molecule has 0 bridgehead atoms. The maximum absolute atomic E-state index is 5.91. The van der Waals surface area contributed by atoms with Crippen LogP contribution in [0, 0.1) is 0 Å². The molecule has 0 fully saturated rings. The Kier molecular flexibility index (Phi) is 3.01. The smallest absolute Gasteiger partial charge is 0.181 e. The number of benzene rings is 1. The number of thiophene rings is 1. The third kappa shape index (κ3) is 2.29. The van der Waals surface area contributed by atoms with Gasteiger partial charge in [0.2, 0.25) is 0 Å². The third-order valence-electron chi connectivity index (χ3n) is 3.26. The standard InChI is InChI=1S/C16H12N4OS/c17-11-1-3-12(4-2-11)21-13-5-7-18-16-14(13)19-15(20-16)10-6-8-22-9-10/h1-9H,17H2,(H,18,19,20). The molecular formula is C16H12N4OS. The molecule has 0 aliphatic heterocycles. The Bertz CT molecular complexity index is 913. The molecule has 22 heavy (non-hydrogen) atoms. The molecule has 3 N–H and O–H groups in total. The number of nitrogen functional groups attached to an aromatic ring is 1. The molecule has 0 aliphatic carbocycles. The number of ether oxygens (including phenoxy) is 1. The molecule has 0 radical (unpaired) electrons. The van der Waals surface area contributed by atoms with Gasteiger partial charge in [-0.25, -0.2) is 9.97 Å². The van der Waals surface area contributed by atoms with Crippen molar-refractivity contribution in [2.45, 2.75) is 0 Å². The summed E-state index contributed by atoms with van der Waals surface area (Å²) < 4.78 is 5.91. The molecule has 0 saturated heterocycles. The monoisotopic (exact) mass is 308 g/mol. The molecule has 0 saturated carbocycles. The zero-order valence-electron chi connectivity index (χ0n) is 11.5. The molecule has 5 nitrogen and oxygen atoms in total. The number of aromatic amines is 1. The Morgan fingerprint density at radius 3 is 2.73 bits per heavy atom. The Morgan fingerprint density at radius 2 is 1.95 bits per heavy atom. The van der Waals surface area contributed by atoms with Crippen molar-refractivity contribution in [3.05, 3.63) is 53.4 Å². The van der Waals surface area contributed by atoms with E-state index in [2.05, 4.69) is 15.0 Å². The minimum absolute atomic E-state index is 0.633. The molecule has 0 amide bonds. The summed E-state index contributed by atoms with van der Waals surface area (Å²) in [7, 11) is 0. The SMILES string of the molecule is Nc1ccc(Oc2ccnc3nc(-c4ccsc4)[nH]c23)cc1. The normalized spacial score (nSPS) is 10.9. The van der Waals surface area contributed by atoms with Gasteiger partial charge in [-0.2, -0.15) is 11.3 Å². The van der Waals surface area contributed by atoms with E-state index < -0.39 is 0 Å². The van der Waals surface area contributed by atoms with E-state index in [0.717, 1.165) is 16.9 Å². The summed E-state index contributed by atoms with van der Waals surface area (Å²) >= 11 is 1.63. The molecule has 3 heterocycles. The Labute approximate surface area is 130 Å². The van der Waals surface area contributed by atoms with E-state index in [0.29, 0.717) is 22.8 Å². The average molecular weight is 308 g/mol. The van der Waals surface area contributed by atoms with Crippen LogP contribution in [0.1, 0.15) is 0 Å². The van der Waals surface area contributed by atoms with E-state index in [1.54, 1.807) is 29.7 Å². The highest BCUT2D eigenvalue weighted by molar-refractivity contribution is 7.08. The maximum atomic E-state index is 5.91. The van der Waals surface area contributed by atoms with Crippen molar-refractivity contribution in [1.29, 1.82) is 0 Å². The fourth-order valence-electron chi connectivity index (χ4n) is 2.17. The lowest BCUT2D eigenvalue weighted by Crippen LogP contribution is -1.88. The van der Waals surface area contributed by atoms with E-state index in [9.17, 15) is 0 Å². The number of rotatable bonds is 3. The van der Waals surface area contributed by atoms with Crippen molar-refractivity contribution < 1.29 is 4.74 Å². The largest absolute Gasteiger partial charge is 0.455 e. The van der Waals surface area contributed by atoms with Crippen molar-refractivity contribution in [2.75, 3.05) is 5.73 Å². The zero-order chi connectivity index (χ0) is 14.9. The maximum Gasteiger partial charge on any atom is 0.181 e. The van der Waals surface area contributed by atoms with E-state index in [1.807, 2.05) is 35.0 Å². The molecular weight excluding hydrogens is 296 g/mol. The Hall–Kier alpha value is -2.86. The molecule has 0 aliphatic rings. The van der Waals surface area contributed by atoms with Crippen LogP contribution in [0.15, 0.2) is 53.4 Å². The second kappa shape index (κ2) is 5.16. The van der Waals surface area contributed by atoms with Crippen molar-refractivity contribution in [1.82, 2.24) is 15.0 Å². The fourth-order valence-corrected chi connectivity index (χ4v) is 2.81. The predicted molar refractivity (Wildman–Crippen MR) is 88.1 cm³/mol. The van der Waals surface area contributed by atoms with Crippen LogP contribution >= 0.6 is 11.3 Å². The van der Waals surface area contributed by atoms with Gasteiger partial charge in [0.15, 0.2) is 11.4 Å². The van der Waals surface area contributed by atoms with Gasteiger partial charge < -0.3 is 15.5 Å². The minimum Gasteiger partial charge on any atom is -0.455 e. The molecule has 0 unspecified atom stereocenters. The number of imidazole rings is 1. The second-order valence-electron chi connectivity index (χ2n) is 4.78. The van der Waals surface area contributed by atoms with Crippen LogP contribution in [0.2, 0.25) is 0 Å². The van der Waals surface area contributed by atoms with Crippen LogP contribution < -0.4 is 10.5 Å². The molecule has 1 aromatic carbocycles. The summed E-state index contributed by atoms with van der Waals surface area (Å²) in [6.45, 7) is 0. The first-order valence-corrected chi connectivity index (χ1v) is 7.64. The molecule has 3 aromatic heterocycles. The number of nitrogens with zero attached hydrogens (tertiary/aromatic N) is 2. The van der Waals surface area contributed by atoms with Gasteiger partial charge >= 0.3 is 0 Å². The number of nitrogens with one attached hydrogen (secondary N) is 1. The van der Waals surface area contributed by atoms with Gasteiger partial charge in [-0.1, -0.05) is 0 Å². The Balaban J connectivity index is 1.76. The lowest BCUT2D eigenvalue weighted by atomic mass is 10.3. The highest BCUT2D eigenvalue weighted by atomic mass is 32.1. The van der Waals surface area contributed by atoms with E-state index in [1.165, 1.54) is 0 Å². The summed E-state index contributed by atoms with van der Waals surface area (Å²) in [4.78, 5) is 12.1. The molecule has 0 spiro atoms. The predicted octanol–water partition coefficient (Wildman–Crippen LogP) is 4.06.